The van der Waals surface area contributed by atoms with Crippen LogP contribution in [0, 0.1) is 0 Å². The minimum absolute atomic E-state index is 0.0265. The summed E-state index contributed by atoms with van der Waals surface area (Å²) < 4.78 is 3.47. The molecule has 2 aliphatic rings. The second-order valence-electron chi connectivity index (χ2n) is 7.91. The Labute approximate surface area is 159 Å². The largest absolute Gasteiger partial charge is 0.345 e. The summed E-state index contributed by atoms with van der Waals surface area (Å²) in [5, 5.41) is 4.59. The van der Waals surface area contributed by atoms with Crippen LogP contribution in [0.25, 0.3) is 0 Å². The first-order valence-corrected chi connectivity index (χ1v) is 10.1. The Hall–Kier alpha value is -2.21. The summed E-state index contributed by atoms with van der Waals surface area (Å²) in [4.78, 5) is 27.3. The highest BCUT2D eigenvalue weighted by molar-refractivity contribution is 5.97. The molecule has 0 amide bonds. The molecule has 2 fully saturated rings. The standard InChI is InChI=1S/C21H28N4O2/c1-23-21(27)25(18-9-5-6-10-18)20(22-23)17-11-13-24(14-12-17)15-19(26)16-7-3-2-4-8-16/h2-4,7-8,17-18H,5-6,9-15H2,1H3. The molecule has 1 aromatic carbocycles. The number of aryl methyl sites for hydroxylation is 1. The summed E-state index contributed by atoms with van der Waals surface area (Å²) in [6.45, 7) is 2.21. The Morgan fingerprint density at radius 2 is 1.74 bits per heavy atom. The lowest BCUT2D eigenvalue weighted by atomic mass is 9.95. The molecule has 2 aromatic rings. The number of aromatic nitrogens is 3. The van der Waals surface area contributed by atoms with Crippen LogP contribution in [0.4, 0.5) is 0 Å². The molecule has 1 saturated carbocycles. The van der Waals surface area contributed by atoms with Crippen molar-refractivity contribution in [2.24, 2.45) is 7.05 Å². The highest BCUT2D eigenvalue weighted by Gasteiger charge is 2.30. The van der Waals surface area contributed by atoms with Crippen LogP contribution >= 0.6 is 0 Å². The molecule has 0 bridgehead atoms. The van der Waals surface area contributed by atoms with Crippen molar-refractivity contribution in [3.8, 4) is 0 Å². The van der Waals surface area contributed by atoms with E-state index < -0.39 is 0 Å². The molecule has 27 heavy (non-hydrogen) atoms. The van der Waals surface area contributed by atoms with Crippen LogP contribution in [0.2, 0.25) is 0 Å². The van der Waals surface area contributed by atoms with Crippen LogP contribution in [0.1, 0.15) is 66.7 Å². The fraction of sp³-hybridized carbons (Fsp3) is 0.571. The molecule has 4 rings (SSSR count). The van der Waals surface area contributed by atoms with Gasteiger partial charge >= 0.3 is 5.69 Å². The van der Waals surface area contributed by atoms with Gasteiger partial charge in [-0.15, -0.1) is 0 Å². The number of carbonyl (C=O) groups excluding carboxylic acids is 1. The summed E-state index contributed by atoms with van der Waals surface area (Å²) in [5.74, 6) is 1.45. The Morgan fingerprint density at radius 1 is 1.07 bits per heavy atom. The minimum atomic E-state index is 0.0265. The predicted molar refractivity (Wildman–Crippen MR) is 104 cm³/mol. The quantitative estimate of drug-likeness (QED) is 0.762. The third kappa shape index (κ3) is 3.76. The Bertz CT molecular complexity index is 841. The molecule has 2 heterocycles. The fourth-order valence-electron chi connectivity index (χ4n) is 4.55. The molecule has 0 N–H and O–H groups in total. The van der Waals surface area contributed by atoms with E-state index in [1.165, 1.54) is 17.5 Å². The van der Waals surface area contributed by atoms with Gasteiger partial charge in [-0.1, -0.05) is 43.2 Å². The molecule has 1 aromatic heterocycles. The molecule has 144 valence electrons. The molecule has 1 saturated heterocycles. The first-order chi connectivity index (χ1) is 13.1. The molecular formula is C21H28N4O2. The smallest absolute Gasteiger partial charge is 0.296 e. The van der Waals surface area contributed by atoms with Crippen LogP contribution in [0.5, 0.6) is 0 Å². The van der Waals surface area contributed by atoms with Gasteiger partial charge in [-0.05, 0) is 38.8 Å². The van der Waals surface area contributed by atoms with E-state index in [-0.39, 0.29) is 11.5 Å². The molecule has 1 aliphatic heterocycles. The predicted octanol–water partition coefficient (Wildman–Crippen LogP) is 2.76. The SMILES string of the molecule is Cn1nc(C2CCN(CC(=O)c3ccccc3)CC2)n(C2CCCC2)c1=O. The maximum atomic E-state index is 12.6. The van der Waals surface area contributed by atoms with Crippen molar-refractivity contribution in [1.82, 2.24) is 19.2 Å². The average molecular weight is 368 g/mol. The molecule has 0 unspecified atom stereocenters. The van der Waals surface area contributed by atoms with Crippen molar-refractivity contribution in [2.75, 3.05) is 19.6 Å². The van der Waals surface area contributed by atoms with Crippen LogP contribution in [0.15, 0.2) is 35.1 Å². The van der Waals surface area contributed by atoms with Gasteiger partial charge in [-0.2, -0.15) is 5.10 Å². The van der Waals surface area contributed by atoms with E-state index in [1.807, 2.05) is 34.9 Å². The van der Waals surface area contributed by atoms with Crippen LogP contribution in [0.3, 0.4) is 0 Å². The monoisotopic (exact) mass is 368 g/mol. The van der Waals surface area contributed by atoms with Gasteiger partial charge in [0.15, 0.2) is 5.78 Å². The lowest BCUT2D eigenvalue weighted by Gasteiger charge is -2.31. The van der Waals surface area contributed by atoms with Gasteiger partial charge in [0.25, 0.3) is 0 Å². The lowest BCUT2D eigenvalue weighted by molar-refractivity contribution is 0.0907. The molecule has 6 heteroatoms. The lowest BCUT2D eigenvalue weighted by Crippen LogP contribution is -2.37. The van der Waals surface area contributed by atoms with Gasteiger partial charge in [0.2, 0.25) is 0 Å². The van der Waals surface area contributed by atoms with Crippen molar-refractivity contribution >= 4 is 5.78 Å². The zero-order valence-electron chi connectivity index (χ0n) is 16.0. The maximum Gasteiger partial charge on any atom is 0.345 e. The van der Waals surface area contributed by atoms with Gasteiger partial charge in [-0.25, -0.2) is 9.48 Å². The summed E-state index contributed by atoms with van der Waals surface area (Å²) >= 11 is 0. The maximum absolute atomic E-state index is 12.6. The number of ketones is 1. The van der Waals surface area contributed by atoms with Gasteiger partial charge in [-0.3, -0.25) is 14.3 Å². The minimum Gasteiger partial charge on any atom is -0.296 e. The molecule has 0 atom stereocenters. The van der Waals surface area contributed by atoms with E-state index in [4.69, 9.17) is 0 Å². The highest BCUT2D eigenvalue weighted by atomic mass is 16.2. The average Bonchev–Trinajstić information content (AvgIpc) is 3.32. The van der Waals surface area contributed by atoms with Gasteiger partial charge in [0.05, 0.1) is 6.54 Å². The van der Waals surface area contributed by atoms with Crippen molar-refractivity contribution in [1.29, 1.82) is 0 Å². The number of nitrogens with zero attached hydrogens (tertiary/aromatic N) is 4. The third-order valence-corrected chi connectivity index (χ3v) is 6.09. The molecule has 6 nitrogen and oxygen atoms in total. The number of carbonyl (C=O) groups is 1. The van der Waals surface area contributed by atoms with Gasteiger partial charge in [0.1, 0.15) is 5.82 Å². The fourth-order valence-corrected chi connectivity index (χ4v) is 4.55. The van der Waals surface area contributed by atoms with Crippen LogP contribution in [-0.4, -0.2) is 44.7 Å². The number of hydrogen-bond donors (Lipinski definition) is 0. The van der Waals surface area contributed by atoms with E-state index in [9.17, 15) is 9.59 Å². The molecule has 0 spiro atoms. The third-order valence-electron chi connectivity index (χ3n) is 6.09. The highest BCUT2D eigenvalue weighted by Crippen LogP contribution is 2.33. The van der Waals surface area contributed by atoms with E-state index in [2.05, 4.69) is 10.00 Å². The number of Topliss-reactive ketones (excluding diaryl/α,β-unsaturated/α-hetero) is 1. The van der Waals surface area contributed by atoms with Crippen molar-refractivity contribution in [3.63, 3.8) is 0 Å². The van der Waals surface area contributed by atoms with E-state index >= 15 is 0 Å². The summed E-state index contributed by atoms with van der Waals surface area (Å²) in [6.07, 6.45) is 6.47. The molecule has 1 aliphatic carbocycles. The first-order valence-electron chi connectivity index (χ1n) is 10.1. The van der Waals surface area contributed by atoms with Crippen LogP contribution in [-0.2, 0) is 7.05 Å². The number of rotatable bonds is 5. The number of piperidine rings is 1. The first kappa shape index (κ1) is 18.2. The van der Waals surface area contributed by atoms with Crippen molar-refractivity contribution in [3.05, 3.63) is 52.2 Å². The van der Waals surface area contributed by atoms with Gasteiger partial charge in [0, 0.05) is 24.6 Å². The van der Waals surface area contributed by atoms with Gasteiger partial charge < -0.3 is 0 Å². The van der Waals surface area contributed by atoms with Crippen molar-refractivity contribution < 1.29 is 4.79 Å². The zero-order valence-corrected chi connectivity index (χ0v) is 16.0. The van der Waals surface area contributed by atoms with E-state index in [0.717, 1.165) is 50.2 Å². The second kappa shape index (κ2) is 7.80. The molecule has 0 radical (unpaired) electrons. The van der Waals surface area contributed by atoms with E-state index in [1.54, 1.807) is 7.05 Å². The molecular weight excluding hydrogens is 340 g/mol. The Kier molecular flexibility index (Phi) is 5.25. The number of likely N-dealkylation sites (tertiary alicyclic amines) is 1. The van der Waals surface area contributed by atoms with Crippen molar-refractivity contribution in [2.45, 2.75) is 50.5 Å². The normalized spacial score (nSPS) is 19.6. The second-order valence-corrected chi connectivity index (χ2v) is 7.91. The van der Waals surface area contributed by atoms with Crippen LogP contribution < -0.4 is 5.69 Å². The van der Waals surface area contributed by atoms with E-state index in [0.29, 0.717) is 18.5 Å². The summed E-state index contributed by atoms with van der Waals surface area (Å²) in [6, 6.07) is 9.82. The number of hydrogen-bond acceptors (Lipinski definition) is 4. The topological polar surface area (TPSA) is 60.1 Å². The summed E-state index contributed by atoms with van der Waals surface area (Å²) in [5.41, 5.74) is 0.804. The summed E-state index contributed by atoms with van der Waals surface area (Å²) in [7, 11) is 1.75. The Balaban J connectivity index is 1.42. The number of benzene rings is 1. The Morgan fingerprint density at radius 3 is 2.41 bits per heavy atom. The zero-order chi connectivity index (χ0) is 18.8.